The van der Waals surface area contributed by atoms with E-state index in [1.54, 1.807) is 17.7 Å². The molecule has 0 bridgehead atoms. The van der Waals surface area contributed by atoms with Crippen molar-refractivity contribution in [3.05, 3.63) is 61.9 Å². The molecule has 0 N–H and O–H groups in total. The van der Waals surface area contributed by atoms with Crippen LogP contribution in [0.2, 0.25) is 5.02 Å². The van der Waals surface area contributed by atoms with Crippen molar-refractivity contribution < 1.29 is 19.2 Å². The molecule has 0 aliphatic carbocycles. The molecule has 2 aromatic rings. The first-order valence-corrected chi connectivity index (χ1v) is 8.39. The highest BCUT2D eigenvalue weighted by atomic mass is 35.5. The Kier molecular flexibility index (Phi) is 6.46. The average molecular weight is 392 g/mol. The molecule has 0 spiro atoms. The maximum atomic E-state index is 12.3. The van der Waals surface area contributed by atoms with Crippen LogP contribution in [-0.2, 0) is 16.1 Å². The first kappa shape index (κ1) is 20.3. The van der Waals surface area contributed by atoms with Gasteiger partial charge in [-0.15, -0.1) is 0 Å². The van der Waals surface area contributed by atoms with E-state index in [4.69, 9.17) is 11.6 Å². The molecule has 0 unspecified atom stereocenters. The van der Waals surface area contributed by atoms with Gasteiger partial charge in [0.25, 0.3) is 5.69 Å². The number of hydrogen-bond donors (Lipinski definition) is 0. The van der Waals surface area contributed by atoms with Gasteiger partial charge in [-0.25, -0.2) is 0 Å². The fourth-order valence-electron chi connectivity index (χ4n) is 2.53. The molecule has 142 valence electrons. The number of allylic oxidation sites excluding steroid dienone is 1. The Labute approximate surface area is 160 Å². The van der Waals surface area contributed by atoms with Crippen molar-refractivity contribution in [3.63, 3.8) is 0 Å². The Morgan fingerprint density at radius 1 is 1.37 bits per heavy atom. The fourth-order valence-corrected chi connectivity index (χ4v) is 2.72. The van der Waals surface area contributed by atoms with Gasteiger partial charge in [0.2, 0.25) is 0 Å². The number of aryl methyl sites for hydroxylation is 2. The zero-order valence-corrected chi connectivity index (χ0v) is 15.8. The monoisotopic (exact) mass is 391 g/mol. The number of ketones is 1. The summed E-state index contributed by atoms with van der Waals surface area (Å²) >= 11 is 5.76. The highest BCUT2D eigenvalue weighted by Crippen LogP contribution is 2.25. The van der Waals surface area contributed by atoms with E-state index >= 15 is 0 Å². The molecule has 0 atom stereocenters. The minimum atomic E-state index is -0.636. The third-order valence-corrected chi connectivity index (χ3v) is 4.34. The summed E-state index contributed by atoms with van der Waals surface area (Å²) in [7, 11) is 1.32. The van der Waals surface area contributed by atoms with Gasteiger partial charge in [0.1, 0.15) is 5.02 Å². The zero-order valence-electron chi connectivity index (χ0n) is 15.1. The molecular weight excluding hydrogens is 374 g/mol. The predicted octanol–water partition coefficient (Wildman–Crippen LogP) is 3.52. The maximum absolute atomic E-state index is 12.3. The minimum absolute atomic E-state index is 0.0286. The second-order valence-corrected chi connectivity index (χ2v) is 6.16. The normalized spacial score (nSPS) is 11.0. The van der Waals surface area contributed by atoms with Crippen LogP contribution in [0.3, 0.4) is 0 Å². The number of rotatable bonds is 7. The van der Waals surface area contributed by atoms with E-state index < -0.39 is 10.7 Å². The lowest BCUT2D eigenvalue weighted by Crippen LogP contribution is -2.09. The van der Waals surface area contributed by atoms with Crippen LogP contribution < -0.4 is 0 Å². The lowest BCUT2D eigenvalue weighted by atomic mass is 10.1. The van der Waals surface area contributed by atoms with Gasteiger partial charge < -0.3 is 4.74 Å². The third-order valence-electron chi connectivity index (χ3n) is 4.02. The van der Waals surface area contributed by atoms with E-state index in [1.807, 2.05) is 6.92 Å². The minimum Gasteiger partial charge on any atom is -0.469 e. The molecule has 8 nitrogen and oxygen atoms in total. The van der Waals surface area contributed by atoms with Gasteiger partial charge in [-0.2, -0.15) is 5.10 Å². The van der Waals surface area contributed by atoms with Crippen LogP contribution >= 0.6 is 11.6 Å². The average Bonchev–Trinajstić information content (AvgIpc) is 2.91. The number of carbonyl (C=O) groups is 2. The lowest BCUT2D eigenvalue weighted by molar-refractivity contribution is -0.384. The molecule has 2 rings (SSSR count). The number of hydrogen-bond acceptors (Lipinski definition) is 6. The summed E-state index contributed by atoms with van der Waals surface area (Å²) in [6.45, 7) is 3.98. The van der Waals surface area contributed by atoms with Crippen LogP contribution in [0.25, 0.3) is 6.08 Å². The molecule has 0 fully saturated rings. The number of benzene rings is 1. The molecule has 0 saturated heterocycles. The van der Waals surface area contributed by atoms with E-state index in [1.165, 1.54) is 25.3 Å². The number of nitro benzene ring substituents is 1. The topological polar surface area (TPSA) is 104 Å². The Balaban J connectivity index is 2.21. The van der Waals surface area contributed by atoms with Crippen LogP contribution in [0.1, 0.15) is 33.7 Å². The molecule has 9 heteroatoms. The predicted molar refractivity (Wildman–Crippen MR) is 99.8 cm³/mol. The molecule has 0 aliphatic rings. The molecule has 0 amide bonds. The number of esters is 1. The number of aromatic nitrogens is 2. The quantitative estimate of drug-likeness (QED) is 0.235. The van der Waals surface area contributed by atoms with Crippen LogP contribution in [0.5, 0.6) is 0 Å². The van der Waals surface area contributed by atoms with E-state index in [2.05, 4.69) is 9.84 Å². The number of methoxy groups -OCH3 is 1. The number of carbonyl (C=O) groups excluding carboxylic acids is 2. The Morgan fingerprint density at radius 2 is 2.07 bits per heavy atom. The van der Waals surface area contributed by atoms with Crippen LogP contribution in [0.4, 0.5) is 5.69 Å². The van der Waals surface area contributed by atoms with Crippen molar-refractivity contribution in [3.8, 4) is 0 Å². The molecule has 0 radical (unpaired) electrons. The largest absolute Gasteiger partial charge is 0.469 e. The summed E-state index contributed by atoms with van der Waals surface area (Å²) in [4.78, 5) is 33.9. The van der Waals surface area contributed by atoms with Gasteiger partial charge in [-0.1, -0.05) is 11.6 Å². The fraction of sp³-hybridized carbons (Fsp3) is 0.278. The van der Waals surface area contributed by atoms with Crippen LogP contribution in [0, 0.1) is 24.0 Å². The van der Waals surface area contributed by atoms with Crippen molar-refractivity contribution in [2.24, 2.45) is 0 Å². The second-order valence-electron chi connectivity index (χ2n) is 5.75. The van der Waals surface area contributed by atoms with Crippen molar-refractivity contribution in [2.45, 2.75) is 26.8 Å². The summed E-state index contributed by atoms with van der Waals surface area (Å²) in [6, 6.07) is 3.90. The molecule has 0 aliphatic heterocycles. The molecule has 1 heterocycles. The summed E-state index contributed by atoms with van der Waals surface area (Å²) in [6.07, 6.45) is 3.12. The van der Waals surface area contributed by atoms with E-state index in [-0.39, 0.29) is 28.7 Å². The Bertz CT molecular complexity index is 933. The number of nitrogens with zero attached hydrogens (tertiary/aromatic N) is 3. The summed E-state index contributed by atoms with van der Waals surface area (Å²) in [5.41, 5.74) is 2.08. The summed E-state index contributed by atoms with van der Waals surface area (Å²) in [5.74, 6) is -0.727. The zero-order chi connectivity index (χ0) is 20.1. The van der Waals surface area contributed by atoms with E-state index in [9.17, 15) is 19.7 Å². The molecular formula is C18H18ClN3O5. The van der Waals surface area contributed by atoms with E-state index in [0.717, 1.165) is 17.3 Å². The Morgan fingerprint density at radius 3 is 2.70 bits per heavy atom. The standard InChI is InChI=1S/C18H18ClN3O5/c1-11-14(12(2)21(20-11)9-8-18(24)27-3)5-7-17(23)13-4-6-15(19)16(10-13)22(25)26/h4-7,10H,8-9H2,1-3H3/b7-5-. The van der Waals surface area contributed by atoms with E-state index in [0.29, 0.717) is 12.2 Å². The Hall–Kier alpha value is -3.00. The van der Waals surface area contributed by atoms with Gasteiger partial charge in [0, 0.05) is 22.9 Å². The lowest BCUT2D eigenvalue weighted by Gasteiger charge is -2.03. The highest BCUT2D eigenvalue weighted by Gasteiger charge is 2.16. The first-order valence-electron chi connectivity index (χ1n) is 8.01. The molecule has 1 aromatic carbocycles. The van der Waals surface area contributed by atoms with Crippen molar-refractivity contribution in [1.29, 1.82) is 0 Å². The second kappa shape index (κ2) is 8.59. The third kappa shape index (κ3) is 4.79. The maximum Gasteiger partial charge on any atom is 0.307 e. The smallest absolute Gasteiger partial charge is 0.307 e. The van der Waals surface area contributed by atoms with Crippen molar-refractivity contribution in [2.75, 3.05) is 7.11 Å². The van der Waals surface area contributed by atoms with Gasteiger partial charge in [0.15, 0.2) is 5.78 Å². The highest BCUT2D eigenvalue weighted by molar-refractivity contribution is 6.32. The number of nitro groups is 1. The summed E-state index contributed by atoms with van der Waals surface area (Å²) in [5, 5.41) is 15.3. The summed E-state index contributed by atoms with van der Waals surface area (Å²) < 4.78 is 6.29. The molecule has 27 heavy (non-hydrogen) atoms. The van der Waals surface area contributed by atoms with Crippen LogP contribution in [-0.4, -0.2) is 33.6 Å². The number of halogens is 1. The van der Waals surface area contributed by atoms with Gasteiger partial charge in [0.05, 0.1) is 30.7 Å². The number of ether oxygens (including phenoxy) is 1. The van der Waals surface area contributed by atoms with Gasteiger partial charge in [-0.3, -0.25) is 24.4 Å². The van der Waals surface area contributed by atoms with Crippen molar-refractivity contribution >= 4 is 35.1 Å². The van der Waals surface area contributed by atoms with Gasteiger partial charge in [-0.05, 0) is 38.1 Å². The van der Waals surface area contributed by atoms with Crippen molar-refractivity contribution in [1.82, 2.24) is 9.78 Å². The SMILES string of the molecule is COC(=O)CCn1nc(C)c(/C=C\C(=O)c2ccc(Cl)c([N+](=O)[O-])c2)c1C. The molecule has 0 saturated carbocycles. The first-order chi connectivity index (χ1) is 12.7. The van der Waals surface area contributed by atoms with Gasteiger partial charge >= 0.3 is 5.97 Å². The van der Waals surface area contributed by atoms with Crippen LogP contribution in [0.15, 0.2) is 24.3 Å². The molecule has 1 aromatic heterocycles.